The van der Waals surface area contributed by atoms with Gasteiger partial charge in [-0.2, -0.15) is 0 Å². The van der Waals surface area contributed by atoms with Crippen LogP contribution in [-0.4, -0.2) is 6.21 Å². The molecule has 0 aliphatic heterocycles. The number of hydrogen-bond donors (Lipinski definition) is 1. The largest absolute Gasteiger partial charge is 0.309 e. The van der Waals surface area contributed by atoms with Crippen molar-refractivity contribution < 1.29 is 0 Å². The Morgan fingerprint density at radius 1 is 1.40 bits per heavy atom. The highest BCUT2D eigenvalue weighted by Crippen LogP contribution is 2.07. The predicted octanol–water partition coefficient (Wildman–Crippen LogP) is 2.94. The summed E-state index contributed by atoms with van der Waals surface area (Å²) in [5, 5.41) is 6.76. The number of allylic oxidation sites excluding steroid dienone is 4. The van der Waals surface area contributed by atoms with Gasteiger partial charge < -0.3 is 5.41 Å². The van der Waals surface area contributed by atoms with Gasteiger partial charge in [-0.05, 0) is 26.3 Å². The summed E-state index contributed by atoms with van der Waals surface area (Å²) >= 11 is 0. The Labute approximate surface area is 63.0 Å². The van der Waals surface area contributed by atoms with Crippen LogP contribution in [0, 0.1) is 5.41 Å². The lowest BCUT2D eigenvalue weighted by atomic mass is 10.1. The van der Waals surface area contributed by atoms with Gasteiger partial charge in [-0.3, -0.25) is 0 Å². The Kier molecular flexibility index (Phi) is 4.55. The minimum absolute atomic E-state index is 1.09. The highest BCUT2D eigenvalue weighted by molar-refractivity contribution is 5.68. The van der Waals surface area contributed by atoms with Gasteiger partial charge in [-0.1, -0.05) is 24.1 Å². The van der Waals surface area contributed by atoms with E-state index in [1.807, 2.05) is 6.08 Å². The zero-order valence-electron chi connectivity index (χ0n) is 6.94. The number of nitrogens with one attached hydrogen (secondary N) is 1. The second-order valence-electron chi connectivity index (χ2n) is 2.34. The monoisotopic (exact) mass is 137 g/mol. The van der Waals surface area contributed by atoms with Crippen LogP contribution < -0.4 is 0 Å². The maximum absolute atomic E-state index is 6.76. The fraction of sp³-hybridized carbons (Fsp3) is 0.444. The molecule has 0 radical (unpaired) electrons. The van der Waals surface area contributed by atoms with Gasteiger partial charge in [0, 0.05) is 6.21 Å². The molecular weight excluding hydrogens is 122 g/mol. The van der Waals surface area contributed by atoms with Crippen molar-refractivity contribution in [1.29, 1.82) is 5.41 Å². The molecule has 0 aliphatic carbocycles. The second-order valence-corrected chi connectivity index (χ2v) is 2.34. The second kappa shape index (κ2) is 4.98. The van der Waals surface area contributed by atoms with Crippen LogP contribution in [0.5, 0.6) is 0 Å². The van der Waals surface area contributed by atoms with Crippen LogP contribution in [0.4, 0.5) is 0 Å². The zero-order chi connectivity index (χ0) is 7.98. The van der Waals surface area contributed by atoms with E-state index < -0.39 is 0 Å². The van der Waals surface area contributed by atoms with Crippen LogP contribution in [-0.2, 0) is 0 Å². The molecule has 0 spiro atoms. The molecule has 1 heteroatoms. The Morgan fingerprint density at radius 2 is 2.00 bits per heavy atom. The average Bonchev–Trinajstić information content (AvgIpc) is 1.98. The summed E-state index contributed by atoms with van der Waals surface area (Å²) in [6.45, 7) is 6.32. The van der Waals surface area contributed by atoms with E-state index in [1.165, 1.54) is 17.4 Å². The van der Waals surface area contributed by atoms with Crippen LogP contribution in [0.1, 0.15) is 27.2 Å². The quantitative estimate of drug-likeness (QED) is 0.457. The molecular formula is C9H15N. The summed E-state index contributed by atoms with van der Waals surface area (Å²) in [7, 11) is 0. The SMILES string of the molecule is CC/C(C)=C(C)/C=C\C=N. The van der Waals surface area contributed by atoms with E-state index in [1.54, 1.807) is 6.08 Å². The van der Waals surface area contributed by atoms with E-state index in [0.29, 0.717) is 0 Å². The van der Waals surface area contributed by atoms with Gasteiger partial charge in [-0.15, -0.1) is 0 Å². The molecule has 10 heavy (non-hydrogen) atoms. The average molecular weight is 137 g/mol. The van der Waals surface area contributed by atoms with Crippen LogP contribution in [0.15, 0.2) is 23.3 Å². The molecule has 0 heterocycles. The number of hydrogen-bond acceptors (Lipinski definition) is 1. The topological polar surface area (TPSA) is 23.9 Å². The summed E-state index contributed by atoms with van der Waals surface area (Å²) in [5.74, 6) is 0. The third kappa shape index (κ3) is 3.23. The molecule has 0 rings (SSSR count). The van der Waals surface area contributed by atoms with Crippen LogP contribution in [0.25, 0.3) is 0 Å². The van der Waals surface area contributed by atoms with Crippen molar-refractivity contribution in [3.8, 4) is 0 Å². The van der Waals surface area contributed by atoms with Gasteiger partial charge in [0.05, 0.1) is 0 Å². The Bertz CT molecular complexity index is 164. The lowest BCUT2D eigenvalue weighted by Crippen LogP contribution is -1.77. The minimum Gasteiger partial charge on any atom is -0.309 e. The van der Waals surface area contributed by atoms with Gasteiger partial charge in [0.1, 0.15) is 0 Å². The molecule has 0 unspecified atom stereocenters. The highest BCUT2D eigenvalue weighted by Gasteiger charge is 1.87. The molecule has 1 nitrogen and oxygen atoms in total. The molecule has 0 aromatic rings. The van der Waals surface area contributed by atoms with E-state index in [2.05, 4.69) is 20.8 Å². The first kappa shape index (κ1) is 9.15. The fourth-order valence-corrected chi connectivity index (χ4v) is 0.614. The standard InChI is InChI=1S/C9H15N/c1-4-8(2)9(3)6-5-7-10/h5-7,10H,4H2,1-3H3/b6-5-,9-8+,10-7?. The molecule has 0 aromatic carbocycles. The maximum atomic E-state index is 6.76. The summed E-state index contributed by atoms with van der Waals surface area (Å²) in [5.41, 5.74) is 2.66. The molecule has 0 saturated carbocycles. The first-order valence-electron chi connectivity index (χ1n) is 3.55. The van der Waals surface area contributed by atoms with Crippen molar-refractivity contribution >= 4 is 6.21 Å². The fourth-order valence-electron chi connectivity index (χ4n) is 0.614. The van der Waals surface area contributed by atoms with Gasteiger partial charge in [0.2, 0.25) is 0 Å². The van der Waals surface area contributed by atoms with Crippen LogP contribution in [0.3, 0.4) is 0 Å². The molecule has 0 saturated heterocycles. The Hall–Kier alpha value is -0.850. The van der Waals surface area contributed by atoms with Gasteiger partial charge in [-0.25, -0.2) is 0 Å². The highest BCUT2D eigenvalue weighted by atomic mass is 14.3. The van der Waals surface area contributed by atoms with Gasteiger partial charge >= 0.3 is 0 Å². The van der Waals surface area contributed by atoms with E-state index in [0.717, 1.165) is 6.42 Å². The van der Waals surface area contributed by atoms with Crippen molar-refractivity contribution in [3.63, 3.8) is 0 Å². The molecule has 1 N–H and O–H groups in total. The minimum atomic E-state index is 1.09. The number of rotatable bonds is 3. The smallest absolute Gasteiger partial charge is 0.0177 e. The Balaban J connectivity index is 4.17. The van der Waals surface area contributed by atoms with Crippen LogP contribution in [0.2, 0.25) is 0 Å². The molecule has 0 aromatic heterocycles. The first-order valence-corrected chi connectivity index (χ1v) is 3.55. The predicted molar refractivity (Wildman–Crippen MR) is 46.6 cm³/mol. The van der Waals surface area contributed by atoms with Crippen molar-refractivity contribution in [2.45, 2.75) is 27.2 Å². The third-order valence-corrected chi connectivity index (χ3v) is 1.65. The van der Waals surface area contributed by atoms with Crippen LogP contribution >= 0.6 is 0 Å². The van der Waals surface area contributed by atoms with E-state index in [4.69, 9.17) is 5.41 Å². The molecule has 56 valence electrons. The van der Waals surface area contributed by atoms with Crippen molar-refractivity contribution in [2.75, 3.05) is 0 Å². The summed E-state index contributed by atoms with van der Waals surface area (Å²) in [4.78, 5) is 0. The first-order chi connectivity index (χ1) is 4.72. The summed E-state index contributed by atoms with van der Waals surface area (Å²) in [6.07, 6.45) is 6.10. The van der Waals surface area contributed by atoms with Crippen molar-refractivity contribution in [2.24, 2.45) is 0 Å². The molecule has 0 amide bonds. The normalized spacial score (nSPS) is 13.5. The Morgan fingerprint density at radius 3 is 2.40 bits per heavy atom. The van der Waals surface area contributed by atoms with E-state index in [-0.39, 0.29) is 0 Å². The van der Waals surface area contributed by atoms with Crippen molar-refractivity contribution in [1.82, 2.24) is 0 Å². The van der Waals surface area contributed by atoms with Crippen molar-refractivity contribution in [3.05, 3.63) is 23.3 Å². The third-order valence-electron chi connectivity index (χ3n) is 1.65. The molecule has 0 fully saturated rings. The van der Waals surface area contributed by atoms with Gasteiger partial charge in [0.25, 0.3) is 0 Å². The molecule has 0 aliphatic rings. The lowest BCUT2D eigenvalue weighted by Gasteiger charge is -1.97. The maximum Gasteiger partial charge on any atom is 0.0177 e. The molecule has 0 bridgehead atoms. The van der Waals surface area contributed by atoms with E-state index in [9.17, 15) is 0 Å². The molecule has 0 atom stereocenters. The summed E-state index contributed by atoms with van der Waals surface area (Å²) < 4.78 is 0. The lowest BCUT2D eigenvalue weighted by molar-refractivity contribution is 1.07. The van der Waals surface area contributed by atoms with E-state index >= 15 is 0 Å². The van der Waals surface area contributed by atoms with Gasteiger partial charge in [0.15, 0.2) is 0 Å². The summed E-state index contributed by atoms with van der Waals surface area (Å²) in [6, 6.07) is 0. The zero-order valence-corrected chi connectivity index (χ0v) is 6.94.